The van der Waals surface area contributed by atoms with Gasteiger partial charge in [-0.3, -0.25) is 4.79 Å². The predicted molar refractivity (Wildman–Crippen MR) is 107 cm³/mol. The standard InChI is InChI=1S/C22H26F5N3O2/c1-29(16-5-10-32-11-6-16)20(31)15-4-9-30-17(12-14-2-7-21(23,24)8-3-14)19(22(25,26)27)28-18(30)13-15/h4,9,13-14,16H,2-3,5-8,10-12H2,1H3. The lowest BCUT2D eigenvalue weighted by Gasteiger charge is -2.31. The molecule has 2 aromatic heterocycles. The van der Waals surface area contributed by atoms with Crippen LogP contribution in [0, 0.1) is 5.92 Å². The largest absolute Gasteiger partial charge is 0.435 e. The zero-order valence-corrected chi connectivity index (χ0v) is 17.8. The van der Waals surface area contributed by atoms with Crippen LogP contribution >= 0.6 is 0 Å². The maximum atomic E-state index is 13.7. The Kier molecular flexibility index (Phi) is 6.17. The summed E-state index contributed by atoms with van der Waals surface area (Å²) in [4.78, 5) is 18.3. The average molecular weight is 459 g/mol. The van der Waals surface area contributed by atoms with E-state index in [0.29, 0.717) is 26.1 Å². The van der Waals surface area contributed by atoms with E-state index >= 15 is 0 Å². The summed E-state index contributed by atoms with van der Waals surface area (Å²) in [5, 5.41) is 0. The van der Waals surface area contributed by atoms with Crippen LogP contribution < -0.4 is 0 Å². The van der Waals surface area contributed by atoms with Crippen molar-refractivity contribution in [2.75, 3.05) is 20.3 Å². The lowest BCUT2D eigenvalue weighted by atomic mass is 9.83. The number of ether oxygens (including phenoxy) is 1. The van der Waals surface area contributed by atoms with E-state index in [0.717, 1.165) is 0 Å². The highest BCUT2D eigenvalue weighted by Gasteiger charge is 2.40. The maximum Gasteiger partial charge on any atom is 0.435 e. The van der Waals surface area contributed by atoms with Crippen LogP contribution in [-0.2, 0) is 17.3 Å². The summed E-state index contributed by atoms with van der Waals surface area (Å²) in [6.07, 6.45) is -2.11. The molecule has 1 saturated carbocycles. The number of imidazole rings is 1. The Bertz CT molecular complexity index is 972. The summed E-state index contributed by atoms with van der Waals surface area (Å²) in [7, 11) is 1.68. The number of fused-ring (bicyclic) bond motifs is 1. The first kappa shape index (κ1) is 22.9. The number of hydrogen-bond acceptors (Lipinski definition) is 3. The van der Waals surface area contributed by atoms with Crippen LogP contribution in [0.2, 0.25) is 0 Å². The number of amides is 1. The van der Waals surface area contributed by atoms with Crippen molar-refractivity contribution in [1.29, 1.82) is 0 Å². The van der Waals surface area contributed by atoms with Crippen molar-refractivity contribution in [3.63, 3.8) is 0 Å². The fourth-order valence-corrected chi connectivity index (χ4v) is 4.67. The van der Waals surface area contributed by atoms with Gasteiger partial charge in [0.25, 0.3) is 5.91 Å². The molecule has 2 fully saturated rings. The summed E-state index contributed by atoms with van der Waals surface area (Å²) in [5.41, 5.74) is -0.773. The van der Waals surface area contributed by atoms with Crippen molar-refractivity contribution in [3.05, 3.63) is 35.3 Å². The van der Waals surface area contributed by atoms with Crippen LogP contribution in [-0.4, -0.2) is 52.4 Å². The first-order chi connectivity index (χ1) is 15.0. The SMILES string of the molecule is CN(C(=O)c1ccn2c(CC3CCC(F)(F)CC3)c(C(F)(F)F)nc2c1)C1CCOCC1. The molecule has 2 aromatic rings. The Balaban J connectivity index is 1.61. The van der Waals surface area contributed by atoms with Crippen molar-refractivity contribution < 1.29 is 31.5 Å². The minimum absolute atomic E-state index is 0.0120. The summed E-state index contributed by atoms with van der Waals surface area (Å²) in [5.74, 6) is -3.29. The van der Waals surface area contributed by atoms with Crippen molar-refractivity contribution in [2.24, 2.45) is 5.92 Å². The number of carbonyl (C=O) groups is 1. The molecule has 1 aliphatic carbocycles. The van der Waals surface area contributed by atoms with Crippen molar-refractivity contribution in [1.82, 2.24) is 14.3 Å². The number of alkyl halides is 5. The molecule has 0 N–H and O–H groups in total. The van der Waals surface area contributed by atoms with E-state index in [1.807, 2.05) is 0 Å². The van der Waals surface area contributed by atoms with Gasteiger partial charge in [0.2, 0.25) is 5.92 Å². The van der Waals surface area contributed by atoms with Gasteiger partial charge in [0.1, 0.15) is 5.65 Å². The van der Waals surface area contributed by atoms with Crippen LogP contribution in [0.5, 0.6) is 0 Å². The fourth-order valence-electron chi connectivity index (χ4n) is 4.67. The molecule has 0 radical (unpaired) electrons. The monoisotopic (exact) mass is 459 g/mol. The molecule has 1 saturated heterocycles. The van der Waals surface area contributed by atoms with E-state index < -0.39 is 17.8 Å². The average Bonchev–Trinajstić information content (AvgIpc) is 3.13. The first-order valence-corrected chi connectivity index (χ1v) is 10.9. The fraction of sp³-hybridized carbons (Fsp3) is 0.636. The lowest BCUT2D eigenvalue weighted by Crippen LogP contribution is -2.40. The highest BCUT2D eigenvalue weighted by molar-refractivity contribution is 5.95. The second kappa shape index (κ2) is 8.61. The van der Waals surface area contributed by atoms with Gasteiger partial charge < -0.3 is 14.0 Å². The quantitative estimate of drug-likeness (QED) is 0.607. The Morgan fingerprint density at radius 2 is 1.88 bits per heavy atom. The molecule has 4 rings (SSSR count). The lowest BCUT2D eigenvalue weighted by molar-refractivity contribution is -0.141. The van der Waals surface area contributed by atoms with Crippen molar-refractivity contribution >= 4 is 11.6 Å². The summed E-state index contributed by atoms with van der Waals surface area (Å²) < 4.78 is 74.7. The number of halogens is 5. The molecular weight excluding hydrogens is 433 g/mol. The van der Waals surface area contributed by atoms with Crippen LogP contribution in [0.25, 0.3) is 5.65 Å². The van der Waals surface area contributed by atoms with E-state index in [1.54, 1.807) is 11.9 Å². The molecule has 5 nitrogen and oxygen atoms in total. The summed E-state index contributed by atoms with van der Waals surface area (Å²) in [6, 6.07) is 2.87. The highest BCUT2D eigenvalue weighted by atomic mass is 19.4. The van der Waals surface area contributed by atoms with E-state index in [9.17, 15) is 26.7 Å². The Hall–Kier alpha value is -2.23. The molecule has 0 unspecified atom stereocenters. The van der Waals surface area contributed by atoms with Gasteiger partial charge in [-0.05, 0) is 50.2 Å². The van der Waals surface area contributed by atoms with Crippen molar-refractivity contribution in [2.45, 2.75) is 63.1 Å². The molecule has 2 aliphatic rings. The molecule has 3 heterocycles. The van der Waals surface area contributed by atoms with E-state index in [-0.39, 0.29) is 66.9 Å². The molecule has 10 heteroatoms. The number of hydrogen-bond donors (Lipinski definition) is 0. The zero-order chi connectivity index (χ0) is 23.1. The molecule has 0 spiro atoms. The molecule has 1 amide bonds. The van der Waals surface area contributed by atoms with Gasteiger partial charge in [0.05, 0.1) is 5.69 Å². The summed E-state index contributed by atoms with van der Waals surface area (Å²) >= 11 is 0. The zero-order valence-electron chi connectivity index (χ0n) is 17.8. The number of carbonyl (C=O) groups excluding carboxylic acids is 1. The minimum Gasteiger partial charge on any atom is -0.381 e. The molecule has 176 valence electrons. The first-order valence-electron chi connectivity index (χ1n) is 10.9. The van der Waals surface area contributed by atoms with Gasteiger partial charge in [-0.25, -0.2) is 13.8 Å². The number of pyridine rings is 1. The van der Waals surface area contributed by atoms with Gasteiger partial charge in [-0.1, -0.05) is 0 Å². The molecule has 0 aromatic carbocycles. The van der Waals surface area contributed by atoms with Gasteiger partial charge >= 0.3 is 6.18 Å². The molecular formula is C22H26F5N3O2. The third-order valence-corrected chi connectivity index (χ3v) is 6.62. The Morgan fingerprint density at radius 1 is 1.22 bits per heavy atom. The number of nitrogens with zero attached hydrogens (tertiary/aromatic N) is 3. The third kappa shape index (κ3) is 4.74. The van der Waals surface area contributed by atoms with Gasteiger partial charge in [0, 0.05) is 50.9 Å². The van der Waals surface area contributed by atoms with Crippen LogP contribution in [0.3, 0.4) is 0 Å². The minimum atomic E-state index is -4.68. The second-order valence-corrected chi connectivity index (χ2v) is 8.81. The van der Waals surface area contributed by atoms with Gasteiger partial charge in [-0.2, -0.15) is 13.2 Å². The molecule has 0 bridgehead atoms. The van der Waals surface area contributed by atoms with Crippen LogP contribution in [0.15, 0.2) is 18.3 Å². The Morgan fingerprint density at radius 3 is 2.50 bits per heavy atom. The topological polar surface area (TPSA) is 46.8 Å². The highest BCUT2D eigenvalue weighted by Crippen LogP contribution is 2.39. The Labute approximate surface area is 182 Å². The van der Waals surface area contributed by atoms with Crippen molar-refractivity contribution in [3.8, 4) is 0 Å². The maximum absolute atomic E-state index is 13.7. The van der Waals surface area contributed by atoms with E-state index in [2.05, 4.69) is 4.98 Å². The molecule has 1 aliphatic heterocycles. The van der Waals surface area contributed by atoms with E-state index in [1.165, 1.54) is 22.7 Å². The van der Waals surface area contributed by atoms with Crippen LogP contribution in [0.4, 0.5) is 22.0 Å². The second-order valence-electron chi connectivity index (χ2n) is 8.81. The number of rotatable bonds is 4. The van der Waals surface area contributed by atoms with Crippen LogP contribution in [0.1, 0.15) is 60.3 Å². The van der Waals surface area contributed by atoms with Gasteiger partial charge in [0.15, 0.2) is 5.69 Å². The normalized spacial score (nSPS) is 20.6. The van der Waals surface area contributed by atoms with E-state index in [4.69, 9.17) is 4.74 Å². The van der Waals surface area contributed by atoms with Gasteiger partial charge in [-0.15, -0.1) is 0 Å². The number of aromatic nitrogens is 2. The molecule has 32 heavy (non-hydrogen) atoms. The smallest absolute Gasteiger partial charge is 0.381 e. The summed E-state index contributed by atoms with van der Waals surface area (Å²) in [6.45, 7) is 1.12. The third-order valence-electron chi connectivity index (χ3n) is 6.62. The molecule has 0 atom stereocenters. The predicted octanol–water partition coefficient (Wildman–Crippen LogP) is 4.97.